The SMILES string of the molecule is CC(C)=CC(=O)OCC(=O)c1cc(C)n(Cc2ccc(F)cc2)c1C. The van der Waals surface area contributed by atoms with E-state index in [1.807, 2.05) is 18.4 Å². The maximum Gasteiger partial charge on any atom is 0.331 e. The zero-order valence-electron chi connectivity index (χ0n) is 14.9. The van der Waals surface area contributed by atoms with Crippen molar-refractivity contribution in [3.63, 3.8) is 0 Å². The minimum absolute atomic E-state index is 0.242. The van der Waals surface area contributed by atoms with Crippen LogP contribution in [-0.2, 0) is 16.1 Å². The van der Waals surface area contributed by atoms with Gasteiger partial charge in [0.25, 0.3) is 0 Å². The van der Waals surface area contributed by atoms with Gasteiger partial charge in [-0.2, -0.15) is 0 Å². The molecule has 0 bridgehead atoms. The summed E-state index contributed by atoms with van der Waals surface area (Å²) < 4.78 is 20.0. The van der Waals surface area contributed by atoms with Crippen molar-refractivity contribution in [3.8, 4) is 0 Å². The molecular formula is C20H22FNO3. The van der Waals surface area contributed by atoms with Crippen molar-refractivity contribution in [2.75, 3.05) is 6.61 Å². The number of benzene rings is 1. The number of hydrogen-bond acceptors (Lipinski definition) is 3. The molecule has 0 N–H and O–H groups in total. The molecule has 0 radical (unpaired) electrons. The number of nitrogens with zero attached hydrogens (tertiary/aromatic N) is 1. The number of ketones is 1. The van der Waals surface area contributed by atoms with Gasteiger partial charge in [-0.05, 0) is 51.5 Å². The van der Waals surface area contributed by atoms with Crippen LogP contribution in [-0.4, -0.2) is 22.9 Å². The standard InChI is InChI=1S/C20H22FNO3/c1-13(2)9-20(24)25-12-19(23)18-10-14(3)22(15(18)4)11-16-5-7-17(21)8-6-16/h5-10H,11-12H2,1-4H3. The number of aryl methyl sites for hydroxylation is 1. The number of allylic oxidation sites excluding steroid dienone is 1. The molecule has 0 saturated carbocycles. The topological polar surface area (TPSA) is 48.3 Å². The first kappa shape index (κ1) is 18.6. The number of halogens is 1. The van der Waals surface area contributed by atoms with Crippen molar-refractivity contribution in [1.29, 1.82) is 0 Å². The van der Waals surface area contributed by atoms with Gasteiger partial charge in [-0.3, -0.25) is 4.79 Å². The van der Waals surface area contributed by atoms with Gasteiger partial charge in [0.1, 0.15) is 5.82 Å². The van der Waals surface area contributed by atoms with E-state index in [1.54, 1.807) is 32.0 Å². The van der Waals surface area contributed by atoms with Crippen molar-refractivity contribution < 1.29 is 18.7 Å². The Morgan fingerprint density at radius 1 is 1.16 bits per heavy atom. The molecule has 0 amide bonds. The number of carbonyl (C=O) groups excluding carboxylic acids is 2. The Morgan fingerprint density at radius 2 is 1.80 bits per heavy atom. The Labute approximate surface area is 146 Å². The summed E-state index contributed by atoms with van der Waals surface area (Å²) in [6.07, 6.45) is 1.35. The van der Waals surface area contributed by atoms with E-state index in [9.17, 15) is 14.0 Å². The Balaban J connectivity index is 2.12. The molecule has 0 spiro atoms. The number of aromatic nitrogens is 1. The maximum atomic E-state index is 13.0. The van der Waals surface area contributed by atoms with Gasteiger partial charge < -0.3 is 9.30 Å². The molecule has 0 fully saturated rings. The summed E-state index contributed by atoms with van der Waals surface area (Å²) in [5.74, 6) is -1.04. The maximum absolute atomic E-state index is 13.0. The second-order valence-electron chi connectivity index (χ2n) is 6.25. The quantitative estimate of drug-likeness (QED) is 0.453. The third kappa shape index (κ3) is 4.89. The number of hydrogen-bond donors (Lipinski definition) is 0. The lowest BCUT2D eigenvalue weighted by Gasteiger charge is -2.10. The van der Waals surface area contributed by atoms with E-state index < -0.39 is 5.97 Å². The van der Waals surface area contributed by atoms with Crippen molar-refractivity contribution >= 4 is 11.8 Å². The van der Waals surface area contributed by atoms with Gasteiger partial charge in [0, 0.05) is 29.6 Å². The molecule has 132 valence electrons. The van der Waals surface area contributed by atoms with E-state index in [0.717, 1.165) is 22.5 Å². The molecular weight excluding hydrogens is 321 g/mol. The first-order valence-electron chi connectivity index (χ1n) is 8.04. The van der Waals surface area contributed by atoms with Crippen LogP contribution in [0.2, 0.25) is 0 Å². The lowest BCUT2D eigenvalue weighted by Crippen LogP contribution is -2.14. The van der Waals surface area contributed by atoms with Gasteiger partial charge in [0.15, 0.2) is 6.61 Å². The molecule has 1 aromatic heterocycles. The van der Waals surface area contributed by atoms with Gasteiger partial charge in [-0.15, -0.1) is 0 Å². The van der Waals surface area contributed by atoms with E-state index in [0.29, 0.717) is 12.1 Å². The Kier molecular flexibility index (Phi) is 5.91. The van der Waals surface area contributed by atoms with Gasteiger partial charge >= 0.3 is 5.97 Å². The van der Waals surface area contributed by atoms with Crippen molar-refractivity contribution in [3.05, 3.63) is 70.3 Å². The van der Waals surface area contributed by atoms with Crippen LogP contribution in [0, 0.1) is 19.7 Å². The van der Waals surface area contributed by atoms with Gasteiger partial charge in [-0.25, -0.2) is 9.18 Å². The monoisotopic (exact) mass is 343 g/mol. The summed E-state index contributed by atoms with van der Waals surface area (Å²) in [5, 5.41) is 0. The van der Waals surface area contributed by atoms with Crippen LogP contribution in [0.1, 0.15) is 41.2 Å². The molecule has 0 aliphatic heterocycles. The zero-order chi connectivity index (χ0) is 18.6. The Bertz CT molecular complexity index is 812. The van der Waals surface area contributed by atoms with Gasteiger partial charge in [0.05, 0.1) is 0 Å². The molecule has 0 atom stereocenters. The molecule has 1 heterocycles. The number of ether oxygens (including phenoxy) is 1. The van der Waals surface area contributed by atoms with Crippen LogP contribution in [0.3, 0.4) is 0 Å². The number of esters is 1. The molecule has 2 aromatic rings. The number of rotatable bonds is 6. The summed E-state index contributed by atoms with van der Waals surface area (Å²) in [6, 6.07) is 8.06. The van der Waals surface area contributed by atoms with E-state index in [-0.39, 0.29) is 18.2 Å². The minimum Gasteiger partial charge on any atom is -0.454 e. The van der Waals surface area contributed by atoms with Crippen LogP contribution in [0.25, 0.3) is 0 Å². The van der Waals surface area contributed by atoms with Crippen LogP contribution in [0.5, 0.6) is 0 Å². The number of Topliss-reactive ketones (excluding diaryl/α,β-unsaturated/α-hetero) is 1. The summed E-state index contributed by atoms with van der Waals surface area (Å²) in [7, 11) is 0. The predicted octanol–water partition coefficient (Wildman–Crippen LogP) is 3.98. The highest BCUT2D eigenvalue weighted by Crippen LogP contribution is 2.18. The van der Waals surface area contributed by atoms with Crippen molar-refractivity contribution in [2.45, 2.75) is 34.2 Å². The summed E-state index contributed by atoms with van der Waals surface area (Å²) in [5.41, 5.74) is 4.00. The fraction of sp³-hybridized carbons (Fsp3) is 0.300. The minimum atomic E-state index is -0.520. The fourth-order valence-corrected chi connectivity index (χ4v) is 2.59. The molecule has 0 aliphatic carbocycles. The molecule has 0 aliphatic rings. The van der Waals surface area contributed by atoms with Crippen molar-refractivity contribution in [2.24, 2.45) is 0 Å². The second kappa shape index (κ2) is 7.92. The predicted molar refractivity (Wildman–Crippen MR) is 94.1 cm³/mol. The largest absolute Gasteiger partial charge is 0.454 e. The number of carbonyl (C=O) groups is 2. The zero-order valence-corrected chi connectivity index (χ0v) is 14.9. The molecule has 25 heavy (non-hydrogen) atoms. The van der Waals surface area contributed by atoms with Crippen LogP contribution >= 0.6 is 0 Å². The summed E-state index contributed by atoms with van der Waals surface area (Å²) >= 11 is 0. The Hall–Kier alpha value is -2.69. The lowest BCUT2D eigenvalue weighted by atomic mass is 10.1. The molecule has 1 aromatic carbocycles. The summed E-state index contributed by atoms with van der Waals surface area (Å²) in [4.78, 5) is 23.9. The third-order valence-electron chi connectivity index (χ3n) is 3.88. The fourth-order valence-electron chi connectivity index (χ4n) is 2.59. The van der Waals surface area contributed by atoms with E-state index in [2.05, 4.69) is 0 Å². The van der Waals surface area contributed by atoms with Gasteiger partial charge in [0.2, 0.25) is 5.78 Å². The lowest BCUT2D eigenvalue weighted by molar-refractivity contribution is -0.136. The van der Waals surface area contributed by atoms with Crippen LogP contribution in [0.4, 0.5) is 4.39 Å². The van der Waals surface area contributed by atoms with E-state index in [1.165, 1.54) is 18.2 Å². The summed E-state index contributed by atoms with van der Waals surface area (Å²) in [6.45, 7) is 7.58. The van der Waals surface area contributed by atoms with Crippen molar-refractivity contribution in [1.82, 2.24) is 4.57 Å². The van der Waals surface area contributed by atoms with Gasteiger partial charge in [-0.1, -0.05) is 17.7 Å². The highest BCUT2D eigenvalue weighted by atomic mass is 19.1. The van der Waals surface area contributed by atoms with Crippen LogP contribution < -0.4 is 0 Å². The average Bonchev–Trinajstić information content (AvgIpc) is 2.82. The Morgan fingerprint density at radius 3 is 2.40 bits per heavy atom. The second-order valence-corrected chi connectivity index (χ2v) is 6.25. The van der Waals surface area contributed by atoms with Crippen LogP contribution in [0.15, 0.2) is 42.0 Å². The first-order chi connectivity index (χ1) is 11.8. The van der Waals surface area contributed by atoms with E-state index in [4.69, 9.17) is 4.74 Å². The molecule has 5 heteroatoms. The average molecular weight is 343 g/mol. The smallest absolute Gasteiger partial charge is 0.331 e. The molecule has 2 rings (SSSR count). The molecule has 0 saturated heterocycles. The molecule has 0 unspecified atom stereocenters. The highest BCUT2D eigenvalue weighted by molar-refractivity contribution is 5.99. The highest BCUT2D eigenvalue weighted by Gasteiger charge is 2.17. The molecule has 4 nitrogen and oxygen atoms in total. The normalized spacial score (nSPS) is 10.4. The van der Waals surface area contributed by atoms with E-state index >= 15 is 0 Å². The third-order valence-corrected chi connectivity index (χ3v) is 3.88. The first-order valence-corrected chi connectivity index (χ1v) is 8.04.